The third kappa shape index (κ3) is 3.11. The average molecular weight is 180 g/mol. The number of esters is 1. The summed E-state index contributed by atoms with van der Waals surface area (Å²) in [6.45, 7) is 6.00. The van der Waals surface area contributed by atoms with Crippen molar-refractivity contribution in [3.8, 4) is 0 Å². The van der Waals surface area contributed by atoms with E-state index in [0.717, 1.165) is 0 Å². The molecule has 0 aromatic carbocycles. The Morgan fingerprint density at radius 2 is 2.46 bits per heavy atom. The third-order valence-electron chi connectivity index (χ3n) is 1.46. The molecule has 0 aliphatic rings. The molecule has 0 bridgehead atoms. The lowest BCUT2D eigenvalue weighted by atomic mass is 10.4. The molecular formula is C9H12N2O2. The number of aromatic nitrogens is 2. The maximum atomic E-state index is 10.9. The number of ether oxygens (including phenoxy) is 1. The molecule has 1 aromatic rings. The van der Waals surface area contributed by atoms with Crippen molar-refractivity contribution >= 4 is 5.97 Å². The summed E-state index contributed by atoms with van der Waals surface area (Å²) in [5, 5.41) is 3.96. The van der Waals surface area contributed by atoms with Crippen LogP contribution in [-0.2, 0) is 16.1 Å². The normalized spacial score (nSPS) is 9.62. The third-order valence-corrected chi connectivity index (χ3v) is 1.46. The molecule has 1 heterocycles. The molecule has 0 unspecified atom stereocenters. The van der Waals surface area contributed by atoms with Crippen LogP contribution in [0, 0.1) is 0 Å². The number of hydrogen-bond acceptors (Lipinski definition) is 3. The fraction of sp³-hybridized carbons (Fsp3) is 0.333. The molecule has 13 heavy (non-hydrogen) atoms. The minimum atomic E-state index is -0.354. The fourth-order valence-electron chi connectivity index (χ4n) is 0.788. The molecular weight excluding hydrogens is 168 g/mol. The number of carbonyl (C=O) groups is 1. The zero-order valence-electron chi connectivity index (χ0n) is 7.56. The standard InChI is InChI=1S/C9H12N2O2/c1-8(2)9(12)13-7-6-11-5-3-4-10-11/h3-5H,1,6-7H2,2H3. The van der Waals surface area contributed by atoms with Crippen molar-refractivity contribution in [3.05, 3.63) is 30.6 Å². The maximum Gasteiger partial charge on any atom is 0.333 e. The highest BCUT2D eigenvalue weighted by Gasteiger charge is 2.01. The van der Waals surface area contributed by atoms with Gasteiger partial charge in [0.15, 0.2) is 0 Å². The molecule has 1 aromatic heterocycles. The Kier molecular flexibility index (Phi) is 3.25. The van der Waals surface area contributed by atoms with Crippen LogP contribution in [-0.4, -0.2) is 22.4 Å². The van der Waals surface area contributed by atoms with Gasteiger partial charge in [0.25, 0.3) is 0 Å². The van der Waals surface area contributed by atoms with Crippen LogP contribution in [0.1, 0.15) is 6.92 Å². The lowest BCUT2D eigenvalue weighted by Crippen LogP contribution is -2.11. The zero-order valence-corrected chi connectivity index (χ0v) is 7.56. The minimum absolute atomic E-state index is 0.327. The average Bonchev–Trinajstić information content (AvgIpc) is 2.56. The first-order valence-electron chi connectivity index (χ1n) is 4.00. The van der Waals surface area contributed by atoms with E-state index in [1.54, 1.807) is 17.8 Å². The van der Waals surface area contributed by atoms with E-state index in [0.29, 0.717) is 18.7 Å². The summed E-state index contributed by atoms with van der Waals surface area (Å²) in [6.07, 6.45) is 3.50. The van der Waals surface area contributed by atoms with E-state index < -0.39 is 0 Å². The Bertz CT molecular complexity index is 291. The topological polar surface area (TPSA) is 44.1 Å². The summed E-state index contributed by atoms with van der Waals surface area (Å²) < 4.78 is 6.58. The molecule has 0 aliphatic heterocycles. The monoisotopic (exact) mass is 180 g/mol. The van der Waals surface area contributed by atoms with Crippen LogP contribution in [0.4, 0.5) is 0 Å². The van der Waals surface area contributed by atoms with E-state index >= 15 is 0 Å². The van der Waals surface area contributed by atoms with Gasteiger partial charge in [-0.15, -0.1) is 0 Å². The number of hydrogen-bond donors (Lipinski definition) is 0. The molecule has 1 rings (SSSR count). The van der Waals surface area contributed by atoms with Crippen LogP contribution in [0.2, 0.25) is 0 Å². The molecule has 0 amide bonds. The van der Waals surface area contributed by atoms with Crippen molar-refractivity contribution in [2.24, 2.45) is 0 Å². The highest BCUT2D eigenvalue weighted by atomic mass is 16.5. The van der Waals surface area contributed by atoms with Gasteiger partial charge in [0.2, 0.25) is 0 Å². The number of carbonyl (C=O) groups excluding carboxylic acids is 1. The van der Waals surface area contributed by atoms with Gasteiger partial charge < -0.3 is 4.74 Å². The number of nitrogens with zero attached hydrogens (tertiary/aromatic N) is 2. The zero-order chi connectivity index (χ0) is 9.68. The summed E-state index contributed by atoms with van der Waals surface area (Å²) in [4.78, 5) is 10.9. The van der Waals surface area contributed by atoms with Crippen molar-refractivity contribution < 1.29 is 9.53 Å². The van der Waals surface area contributed by atoms with Crippen molar-refractivity contribution in [1.82, 2.24) is 9.78 Å². The van der Waals surface area contributed by atoms with Crippen LogP contribution in [0.15, 0.2) is 30.6 Å². The SMILES string of the molecule is C=C(C)C(=O)OCCn1cccn1. The Balaban J connectivity index is 2.22. The molecule has 4 heteroatoms. The van der Waals surface area contributed by atoms with Gasteiger partial charge in [0.1, 0.15) is 6.61 Å². The molecule has 0 spiro atoms. The summed E-state index contributed by atoms with van der Waals surface area (Å²) in [6, 6.07) is 1.82. The second-order valence-corrected chi connectivity index (χ2v) is 2.69. The van der Waals surface area contributed by atoms with Gasteiger partial charge >= 0.3 is 5.97 Å². The molecule has 0 saturated carbocycles. The van der Waals surface area contributed by atoms with Crippen molar-refractivity contribution in [2.45, 2.75) is 13.5 Å². The van der Waals surface area contributed by atoms with Gasteiger partial charge in [0, 0.05) is 18.0 Å². The summed E-state index contributed by atoms with van der Waals surface area (Å²) in [5.41, 5.74) is 0.417. The van der Waals surface area contributed by atoms with E-state index in [-0.39, 0.29) is 5.97 Å². The Morgan fingerprint density at radius 1 is 1.69 bits per heavy atom. The molecule has 4 nitrogen and oxygen atoms in total. The predicted molar refractivity (Wildman–Crippen MR) is 48.0 cm³/mol. The van der Waals surface area contributed by atoms with Gasteiger partial charge in [-0.2, -0.15) is 5.10 Å². The summed E-state index contributed by atoms with van der Waals surface area (Å²) >= 11 is 0. The van der Waals surface area contributed by atoms with Crippen LogP contribution >= 0.6 is 0 Å². The highest BCUT2D eigenvalue weighted by molar-refractivity contribution is 5.86. The molecule has 0 radical (unpaired) electrons. The van der Waals surface area contributed by atoms with Gasteiger partial charge in [-0.1, -0.05) is 6.58 Å². The van der Waals surface area contributed by atoms with Gasteiger partial charge in [-0.25, -0.2) is 4.79 Å². The molecule has 0 aliphatic carbocycles. The first-order chi connectivity index (χ1) is 6.20. The summed E-state index contributed by atoms with van der Waals surface area (Å²) in [5.74, 6) is -0.354. The van der Waals surface area contributed by atoms with E-state index in [1.165, 1.54) is 0 Å². The molecule has 0 N–H and O–H groups in total. The van der Waals surface area contributed by atoms with Crippen molar-refractivity contribution in [3.63, 3.8) is 0 Å². The lowest BCUT2D eigenvalue weighted by Gasteiger charge is -2.03. The van der Waals surface area contributed by atoms with E-state index in [9.17, 15) is 4.79 Å². The van der Waals surface area contributed by atoms with Crippen molar-refractivity contribution in [1.29, 1.82) is 0 Å². The van der Waals surface area contributed by atoms with Crippen LogP contribution < -0.4 is 0 Å². The second kappa shape index (κ2) is 4.45. The second-order valence-electron chi connectivity index (χ2n) is 2.69. The largest absolute Gasteiger partial charge is 0.460 e. The van der Waals surface area contributed by atoms with Gasteiger partial charge in [-0.3, -0.25) is 4.68 Å². The summed E-state index contributed by atoms with van der Waals surface area (Å²) in [7, 11) is 0. The molecule has 0 fully saturated rings. The molecule has 0 atom stereocenters. The van der Waals surface area contributed by atoms with E-state index in [1.807, 2.05) is 12.3 Å². The fourth-order valence-corrected chi connectivity index (χ4v) is 0.788. The van der Waals surface area contributed by atoms with Crippen LogP contribution in [0.3, 0.4) is 0 Å². The van der Waals surface area contributed by atoms with Crippen molar-refractivity contribution in [2.75, 3.05) is 6.61 Å². The molecule has 0 saturated heterocycles. The molecule has 70 valence electrons. The highest BCUT2D eigenvalue weighted by Crippen LogP contribution is 1.92. The Labute approximate surface area is 76.8 Å². The smallest absolute Gasteiger partial charge is 0.333 e. The Morgan fingerprint density at radius 3 is 3.00 bits per heavy atom. The van der Waals surface area contributed by atoms with Gasteiger partial charge in [0.05, 0.1) is 6.54 Å². The van der Waals surface area contributed by atoms with Gasteiger partial charge in [-0.05, 0) is 13.0 Å². The number of rotatable bonds is 4. The lowest BCUT2D eigenvalue weighted by molar-refractivity contribution is -0.139. The van der Waals surface area contributed by atoms with Crippen LogP contribution in [0.5, 0.6) is 0 Å². The quantitative estimate of drug-likeness (QED) is 0.513. The Hall–Kier alpha value is -1.58. The van der Waals surface area contributed by atoms with E-state index in [4.69, 9.17) is 4.74 Å². The first-order valence-corrected chi connectivity index (χ1v) is 4.00. The van der Waals surface area contributed by atoms with Crippen LogP contribution in [0.25, 0.3) is 0 Å². The predicted octanol–water partition coefficient (Wildman–Crippen LogP) is 1.00. The van der Waals surface area contributed by atoms with E-state index in [2.05, 4.69) is 11.7 Å². The maximum absolute atomic E-state index is 10.9. The minimum Gasteiger partial charge on any atom is -0.460 e. The first kappa shape index (κ1) is 9.51.